The van der Waals surface area contributed by atoms with E-state index < -0.39 is 0 Å². The van der Waals surface area contributed by atoms with Crippen LogP contribution < -0.4 is 5.32 Å². The lowest BCUT2D eigenvalue weighted by Gasteiger charge is -2.34. The quantitative estimate of drug-likeness (QED) is 0.322. The molecule has 1 N–H and O–H groups in total. The molecule has 37 heavy (non-hydrogen) atoms. The van der Waals surface area contributed by atoms with Crippen molar-refractivity contribution in [3.8, 4) is 0 Å². The number of Topliss-reactive ketones (excluding diaryl/α,β-unsaturated/α-hetero) is 1. The van der Waals surface area contributed by atoms with Crippen LogP contribution in [-0.4, -0.2) is 61.4 Å². The van der Waals surface area contributed by atoms with Crippen molar-refractivity contribution in [1.29, 1.82) is 0 Å². The third-order valence-electron chi connectivity index (χ3n) is 7.13. The third-order valence-corrected chi connectivity index (χ3v) is 7.13. The van der Waals surface area contributed by atoms with Gasteiger partial charge in [0.2, 0.25) is 0 Å². The van der Waals surface area contributed by atoms with Crippen LogP contribution in [0.3, 0.4) is 0 Å². The van der Waals surface area contributed by atoms with Crippen LogP contribution in [0.2, 0.25) is 0 Å². The van der Waals surface area contributed by atoms with E-state index in [2.05, 4.69) is 39.4 Å². The average Bonchev–Trinajstić information content (AvgIpc) is 2.92. The van der Waals surface area contributed by atoms with E-state index in [1.807, 2.05) is 6.07 Å². The topological polar surface area (TPSA) is 35.6 Å². The molecule has 0 amide bonds. The van der Waals surface area contributed by atoms with Gasteiger partial charge in [0.05, 0.1) is 6.54 Å². The van der Waals surface area contributed by atoms with Gasteiger partial charge in [-0.3, -0.25) is 14.6 Å². The Morgan fingerprint density at radius 3 is 1.95 bits per heavy atom. The second-order valence-corrected chi connectivity index (χ2v) is 9.87. The first-order valence-corrected chi connectivity index (χ1v) is 13.3. The van der Waals surface area contributed by atoms with Crippen LogP contribution >= 0.6 is 0 Å². The highest BCUT2D eigenvalue weighted by atomic mass is 19.1. The highest BCUT2D eigenvalue weighted by Gasteiger charge is 2.20. The molecule has 4 nitrogen and oxygen atoms in total. The fraction of sp³-hybridized carbons (Fsp3) is 0.387. The van der Waals surface area contributed by atoms with Gasteiger partial charge >= 0.3 is 0 Å². The van der Waals surface area contributed by atoms with Crippen molar-refractivity contribution in [2.75, 3.05) is 45.8 Å². The first-order valence-electron chi connectivity index (χ1n) is 13.3. The molecule has 1 saturated heterocycles. The smallest absolute Gasteiger partial charge is 0.146 e. The van der Waals surface area contributed by atoms with Gasteiger partial charge in [-0.1, -0.05) is 54.6 Å². The van der Waals surface area contributed by atoms with Crippen molar-refractivity contribution in [3.63, 3.8) is 0 Å². The second kappa shape index (κ2) is 14.1. The summed E-state index contributed by atoms with van der Waals surface area (Å²) in [5.41, 5.74) is 3.26. The van der Waals surface area contributed by atoms with Gasteiger partial charge in [0.25, 0.3) is 0 Å². The molecule has 0 bridgehead atoms. The van der Waals surface area contributed by atoms with E-state index in [0.717, 1.165) is 69.8 Å². The lowest BCUT2D eigenvalue weighted by atomic mass is 9.86. The number of ketones is 1. The molecule has 0 aromatic heterocycles. The Morgan fingerprint density at radius 2 is 1.35 bits per heavy atom. The first kappa shape index (κ1) is 27.1. The van der Waals surface area contributed by atoms with E-state index in [1.54, 1.807) is 24.3 Å². The van der Waals surface area contributed by atoms with Crippen LogP contribution in [-0.2, 0) is 11.3 Å². The number of piperazine rings is 1. The van der Waals surface area contributed by atoms with Gasteiger partial charge in [-0.15, -0.1) is 0 Å². The van der Waals surface area contributed by atoms with Crippen molar-refractivity contribution in [1.82, 2.24) is 15.1 Å². The zero-order valence-corrected chi connectivity index (χ0v) is 21.4. The summed E-state index contributed by atoms with van der Waals surface area (Å²) in [4.78, 5) is 17.4. The van der Waals surface area contributed by atoms with Crippen LogP contribution in [0.1, 0.15) is 41.9 Å². The normalized spacial score (nSPS) is 14.8. The minimum Gasteiger partial charge on any atom is -0.311 e. The Morgan fingerprint density at radius 1 is 0.784 bits per heavy atom. The molecule has 0 saturated carbocycles. The molecule has 0 radical (unpaired) electrons. The van der Waals surface area contributed by atoms with Gasteiger partial charge < -0.3 is 5.32 Å². The summed E-state index contributed by atoms with van der Waals surface area (Å²) in [5, 5.41) is 3.51. The number of carbonyl (C=O) groups excluding carboxylic acids is 1. The number of benzene rings is 3. The van der Waals surface area contributed by atoms with E-state index in [0.29, 0.717) is 13.0 Å². The van der Waals surface area contributed by atoms with Crippen LogP contribution in [0.25, 0.3) is 0 Å². The van der Waals surface area contributed by atoms with Gasteiger partial charge in [-0.05, 0) is 53.8 Å². The fourth-order valence-electron chi connectivity index (χ4n) is 4.98. The Hall–Kier alpha value is -2.93. The molecule has 0 aliphatic carbocycles. The van der Waals surface area contributed by atoms with E-state index in [-0.39, 0.29) is 23.3 Å². The third kappa shape index (κ3) is 8.85. The Balaban J connectivity index is 1.16. The highest BCUT2D eigenvalue weighted by molar-refractivity contribution is 5.80. The molecule has 196 valence electrons. The minimum absolute atomic E-state index is 0.00745. The molecule has 0 unspecified atom stereocenters. The maximum Gasteiger partial charge on any atom is 0.146 e. The molecule has 0 spiro atoms. The SMILES string of the molecule is O=C(CCCC(c1ccc(F)cc1)c1ccc(F)cc1)CN1CCN(CCNCc2ccccc2)CC1. The maximum absolute atomic E-state index is 13.4. The van der Waals surface area contributed by atoms with E-state index in [1.165, 1.54) is 29.8 Å². The number of hydrogen-bond acceptors (Lipinski definition) is 4. The molecule has 3 aromatic carbocycles. The van der Waals surface area contributed by atoms with Crippen molar-refractivity contribution in [2.45, 2.75) is 31.7 Å². The molecule has 1 heterocycles. The summed E-state index contributed by atoms with van der Waals surface area (Å²) in [6.07, 6.45) is 2.01. The summed E-state index contributed by atoms with van der Waals surface area (Å²) >= 11 is 0. The van der Waals surface area contributed by atoms with Gasteiger partial charge in [0, 0.05) is 58.2 Å². The largest absolute Gasteiger partial charge is 0.311 e. The van der Waals surface area contributed by atoms with Crippen molar-refractivity contribution in [2.24, 2.45) is 0 Å². The average molecular weight is 506 g/mol. The van der Waals surface area contributed by atoms with Crippen LogP contribution in [0.15, 0.2) is 78.9 Å². The molecule has 1 fully saturated rings. The van der Waals surface area contributed by atoms with Gasteiger partial charge in [0.1, 0.15) is 17.4 Å². The van der Waals surface area contributed by atoms with Gasteiger partial charge in [-0.25, -0.2) is 8.78 Å². The van der Waals surface area contributed by atoms with Crippen LogP contribution in [0.4, 0.5) is 8.78 Å². The predicted octanol–water partition coefficient (Wildman–Crippen LogP) is 5.24. The monoisotopic (exact) mass is 505 g/mol. The second-order valence-electron chi connectivity index (χ2n) is 9.87. The van der Waals surface area contributed by atoms with Crippen LogP contribution in [0, 0.1) is 11.6 Å². The van der Waals surface area contributed by atoms with E-state index >= 15 is 0 Å². The van der Waals surface area contributed by atoms with Crippen molar-refractivity contribution in [3.05, 3.63) is 107 Å². The first-order chi connectivity index (χ1) is 18.1. The van der Waals surface area contributed by atoms with E-state index in [9.17, 15) is 13.6 Å². The molecule has 4 rings (SSSR count). The number of rotatable bonds is 13. The lowest BCUT2D eigenvalue weighted by molar-refractivity contribution is -0.120. The zero-order chi connectivity index (χ0) is 25.9. The number of carbonyl (C=O) groups is 1. The highest BCUT2D eigenvalue weighted by Crippen LogP contribution is 2.30. The van der Waals surface area contributed by atoms with Gasteiger partial charge in [-0.2, -0.15) is 0 Å². The van der Waals surface area contributed by atoms with Crippen LogP contribution in [0.5, 0.6) is 0 Å². The van der Waals surface area contributed by atoms with Crippen molar-refractivity contribution >= 4 is 5.78 Å². The standard InChI is InChI=1S/C31H37F2N3O/c32-28-13-9-26(10-14-28)31(27-11-15-29(33)16-12-27)8-4-7-30(37)24-36-21-19-35(20-22-36)18-17-34-23-25-5-2-1-3-6-25/h1-3,5-6,9-16,31,34H,4,7-8,17-24H2. The Kier molecular flexibility index (Phi) is 10.4. The fourth-order valence-corrected chi connectivity index (χ4v) is 4.98. The molecule has 0 atom stereocenters. The van der Waals surface area contributed by atoms with Crippen molar-refractivity contribution < 1.29 is 13.6 Å². The lowest BCUT2D eigenvalue weighted by Crippen LogP contribution is -2.49. The molecule has 1 aliphatic rings. The summed E-state index contributed by atoms with van der Waals surface area (Å²) in [6, 6.07) is 23.4. The molecule has 6 heteroatoms. The Labute approximate surface area is 219 Å². The minimum atomic E-state index is -0.277. The Bertz CT molecular complexity index is 1040. The molecular weight excluding hydrogens is 468 g/mol. The summed E-state index contributed by atoms with van der Waals surface area (Å²) in [6.45, 7) is 7.15. The molecule has 1 aliphatic heterocycles. The van der Waals surface area contributed by atoms with E-state index in [4.69, 9.17) is 0 Å². The summed E-state index contributed by atoms with van der Waals surface area (Å²) in [7, 11) is 0. The zero-order valence-electron chi connectivity index (χ0n) is 21.4. The summed E-state index contributed by atoms with van der Waals surface area (Å²) in [5.74, 6) is -0.288. The summed E-state index contributed by atoms with van der Waals surface area (Å²) < 4.78 is 26.9. The number of nitrogens with zero attached hydrogens (tertiary/aromatic N) is 2. The predicted molar refractivity (Wildman–Crippen MR) is 145 cm³/mol. The van der Waals surface area contributed by atoms with Gasteiger partial charge in [0.15, 0.2) is 0 Å². The maximum atomic E-state index is 13.4. The number of hydrogen-bond donors (Lipinski definition) is 1. The number of halogens is 2. The number of nitrogens with one attached hydrogen (secondary N) is 1. The molecule has 3 aromatic rings. The molecular formula is C31H37F2N3O.